The van der Waals surface area contributed by atoms with Gasteiger partial charge in [-0.05, 0) is 32.6 Å². The Bertz CT molecular complexity index is 701. The Morgan fingerprint density at radius 2 is 2.17 bits per heavy atom. The fourth-order valence-corrected chi connectivity index (χ4v) is 3.26. The third kappa shape index (κ3) is 3.36. The SMILES string of the molecule is CCn1ccnc1C(NC(=O)c1oc(C)nc1C)C1CCOCC1. The second kappa shape index (κ2) is 7.17. The highest BCUT2D eigenvalue weighted by atomic mass is 16.5. The lowest BCUT2D eigenvalue weighted by molar-refractivity contribution is 0.0493. The third-order valence-electron chi connectivity index (χ3n) is 4.50. The van der Waals surface area contributed by atoms with Gasteiger partial charge in [0.2, 0.25) is 5.76 Å². The van der Waals surface area contributed by atoms with Crippen LogP contribution in [0.5, 0.6) is 0 Å². The first-order valence-corrected chi connectivity index (χ1v) is 8.43. The number of oxazole rings is 1. The van der Waals surface area contributed by atoms with Crippen LogP contribution in [0, 0.1) is 19.8 Å². The summed E-state index contributed by atoms with van der Waals surface area (Å²) in [5, 5.41) is 3.12. The summed E-state index contributed by atoms with van der Waals surface area (Å²) in [4.78, 5) is 21.4. The molecule has 0 saturated carbocycles. The van der Waals surface area contributed by atoms with Crippen molar-refractivity contribution >= 4 is 5.91 Å². The smallest absolute Gasteiger partial charge is 0.289 e. The topological polar surface area (TPSA) is 82.2 Å². The van der Waals surface area contributed by atoms with Crippen LogP contribution >= 0.6 is 0 Å². The van der Waals surface area contributed by atoms with Crippen molar-refractivity contribution in [3.8, 4) is 0 Å². The number of hydrogen-bond acceptors (Lipinski definition) is 5. The number of aryl methyl sites for hydroxylation is 3. The Kier molecular flexibility index (Phi) is 4.99. The number of imidazole rings is 1. The minimum absolute atomic E-state index is 0.166. The average molecular weight is 332 g/mol. The van der Waals surface area contributed by atoms with Gasteiger partial charge in [-0.2, -0.15) is 0 Å². The summed E-state index contributed by atoms with van der Waals surface area (Å²) >= 11 is 0. The van der Waals surface area contributed by atoms with E-state index in [1.165, 1.54) is 0 Å². The number of nitrogens with one attached hydrogen (secondary N) is 1. The highest BCUT2D eigenvalue weighted by molar-refractivity contribution is 5.92. The summed E-state index contributed by atoms with van der Waals surface area (Å²) in [6.07, 6.45) is 5.52. The fourth-order valence-electron chi connectivity index (χ4n) is 3.26. The van der Waals surface area contributed by atoms with E-state index in [0.29, 0.717) is 30.7 Å². The normalized spacial score (nSPS) is 17.0. The number of carbonyl (C=O) groups excluding carboxylic acids is 1. The molecule has 1 amide bonds. The number of amides is 1. The second-order valence-electron chi connectivity index (χ2n) is 6.12. The van der Waals surface area contributed by atoms with E-state index in [-0.39, 0.29) is 17.7 Å². The summed E-state index contributed by atoms with van der Waals surface area (Å²) < 4.78 is 13.0. The van der Waals surface area contributed by atoms with Gasteiger partial charge in [-0.3, -0.25) is 4.79 Å². The third-order valence-corrected chi connectivity index (χ3v) is 4.50. The molecule has 0 aromatic carbocycles. The summed E-state index contributed by atoms with van der Waals surface area (Å²) in [5.74, 6) is 1.70. The van der Waals surface area contributed by atoms with Gasteiger partial charge in [0.25, 0.3) is 5.91 Å². The number of aromatic nitrogens is 3. The highest BCUT2D eigenvalue weighted by Crippen LogP contribution is 2.30. The molecule has 130 valence electrons. The van der Waals surface area contributed by atoms with Crippen LogP contribution < -0.4 is 5.32 Å². The second-order valence-corrected chi connectivity index (χ2v) is 6.12. The van der Waals surface area contributed by atoms with Gasteiger partial charge in [-0.15, -0.1) is 0 Å². The minimum atomic E-state index is -0.241. The van der Waals surface area contributed by atoms with Gasteiger partial charge in [0.15, 0.2) is 5.89 Å². The van der Waals surface area contributed by atoms with Crippen LogP contribution in [0.2, 0.25) is 0 Å². The summed E-state index contributed by atoms with van der Waals surface area (Å²) in [5.41, 5.74) is 0.606. The Balaban J connectivity index is 1.87. The van der Waals surface area contributed by atoms with Gasteiger partial charge in [-0.25, -0.2) is 9.97 Å². The lowest BCUT2D eigenvalue weighted by Gasteiger charge is -2.30. The Labute approximate surface area is 141 Å². The Morgan fingerprint density at radius 3 is 2.79 bits per heavy atom. The van der Waals surface area contributed by atoms with E-state index in [2.05, 4.69) is 26.8 Å². The molecule has 7 nitrogen and oxygen atoms in total. The molecule has 1 atom stereocenters. The minimum Gasteiger partial charge on any atom is -0.436 e. The maximum Gasteiger partial charge on any atom is 0.289 e. The Hall–Kier alpha value is -2.15. The van der Waals surface area contributed by atoms with Crippen molar-refractivity contribution < 1.29 is 13.9 Å². The summed E-state index contributed by atoms with van der Waals surface area (Å²) in [6, 6.07) is -0.166. The number of rotatable bonds is 5. The van der Waals surface area contributed by atoms with Crippen molar-refractivity contribution in [3.63, 3.8) is 0 Å². The van der Waals surface area contributed by atoms with Crippen LogP contribution in [-0.2, 0) is 11.3 Å². The predicted octanol–water partition coefficient (Wildman–Crippen LogP) is 2.41. The largest absolute Gasteiger partial charge is 0.436 e. The summed E-state index contributed by atoms with van der Waals surface area (Å²) in [7, 11) is 0. The van der Waals surface area contributed by atoms with Gasteiger partial charge in [-0.1, -0.05) is 0 Å². The summed E-state index contributed by atoms with van der Waals surface area (Å²) in [6.45, 7) is 7.82. The molecular formula is C17H24N4O3. The zero-order valence-corrected chi connectivity index (χ0v) is 14.4. The van der Waals surface area contributed by atoms with E-state index < -0.39 is 0 Å². The van der Waals surface area contributed by atoms with Crippen LogP contribution in [-0.4, -0.2) is 33.7 Å². The van der Waals surface area contributed by atoms with Crippen molar-refractivity contribution in [2.45, 2.75) is 46.2 Å². The van der Waals surface area contributed by atoms with Crippen molar-refractivity contribution in [1.82, 2.24) is 19.9 Å². The van der Waals surface area contributed by atoms with Crippen molar-refractivity contribution in [2.24, 2.45) is 5.92 Å². The lowest BCUT2D eigenvalue weighted by atomic mass is 9.91. The first-order valence-electron chi connectivity index (χ1n) is 8.43. The first-order chi connectivity index (χ1) is 11.6. The molecular weight excluding hydrogens is 308 g/mol. The zero-order valence-electron chi connectivity index (χ0n) is 14.4. The monoisotopic (exact) mass is 332 g/mol. The molecule has 3 rings (SSSR count). The molecule has 1 N–H and O–H groups in total. The van der Waals surface area contributed by atoms with E-state index in [1.807, 2.05) is 6.20 Å². The molecule has 1 unspecified atom stereocenters. The van der Waals surface area contributed by atoms with E-state index in [4.69, 9.17) is 9.15 Å². The van der Waals surface area contributed by atoms with Crippen LogP contribution in [0.3, 0.4) is 0 Å². The van der Waals surface area contributed by atoms with Crippen LogP contribution in [0.1, 0.15) is 53.8 Å². The van der Waals surface area contributed by atoms with Gasteiger partial charge in [0.05, 0.1) is 11.7 Å². The Morgan fingerprint density at radius 1 is 1.42 bits per heavy atom. The maximum atomic E-state index is 12.7. The van der Waals surface area contributed by atoms with E-state index in [0.717, 1.165) is 25.2 Å². The predicted molar refractivity (Wildman–Crippen MR) is 87.6 cm³/mol. The van der Waals surface area contributed by atoms with Crippen LogP contribution in [0.25, 0.3) is 0 Å². The van der Waals surface area contributed by atoms with Crippen molar-refractivity contribution in [1.29, 1.82) is 0 Å². The van der Waals surface area contributed by atoms with Crippen LogP contribution in [0.15, 0.2) is 16.8 Å². The number of ether oxygens (including phenoxy) is 1. The van der Waals surface area contributed by atoms with E-state index in [9.17, 15) is 4.79 Å². The van der Waals surface area contributed by atoms with Crippen molar-refractivity contribution in [2.75, 3.05) is 13.2 Å². The number of nitrogens with zero attached hydrogens (tertiary/aromatic N) is 3. The molecule has 0 radical (unpaired) electrons. The fraction of sp³-hybridized carbons (Fsp3) is 0.588. The molecule has 1 aliphatic rings. The van der Waals surface area contributed by atoms with Crippen molar-refractivity contribution in [3.05, 3.63) is 35.6 Å². The molecule has 1 aliphatic heterocycles. The molecule has 1 saturated heterocycles. The lowest BCUT2D eigenvalue weighted by Crippen LogP contribution is -2.37. The molecule has 2 aromatic heterocycles. The molecule has 0 bridgehead atoms. The van der Waals surface area contributed by atoms with Gasteiger partial charge in [0, 0.05) is 39.1 Å². The maximum absolute atomic E-state index is 12.7. The van der Waals surface area contributed by atoms with Crippen LogP contribution in [0.4, 0.5) is 0 Å². The molecule has 1 fully saturated rings. The average Bonchev–Trinajstić information content (AvgIpc) is 3.19. The molecule has 3 heterocycles. The first kappa shape index (κ1) is 16.7. The molecule has 0 aliphatic carbocycles. The number of hydrogen-bond donors (Lipinski definition) is 1. The molecule has 0 spiro atoms. The molecule has 7 heteroatoms. The van der Waals surface area contributed by atoms with Gasteiger partial charge < -0.3 is 19.0 Å². The van der Waals surface area contributed by atoms with E-state index in [1.54, 1.807) is 20.0 Å². The molecule has 24 heavy (non-hydrogen) atoms. The highest BCUT2D eigenvalue weighted by Gasteiger charge is 2.31. The zero-order chi connectivity index (χ0) is 17.1. The quantitative estimate of drug-likeness (QED) is 0.909. The molecule has 2 aromatic rings. The van der Waals surface area contributed by atoms with Gasteiger partial charge in [0.1, 0.15) is 5.82 Å². The van der Waals surface area contributed by atoms with E-state index >= 15 is 0 Å². The number of carbonyl (C=O) groups is 1. The standard InChI is InChI=1S/C17H24N4O3/c1-4-21-8-7-18-16(21)14(13-5-9-23-10-6-13)20-17(22)15-11(2)19-12(3)24-15/h7-8,13-14H,4-6,9-10H2,1-3H3,(H,20,22). The van der Waals surface area contributed by atoms with Gasteiger partial charge >= 0.3 is 0 Å².